The molecule has 0 saturated heterocycles. The molecular weight excluding hydrogens is 629 g/mol. The zero-order valence-corrected chi connectivity index (χ0v) is 16.8. The zero-order chi connectivity index (χ0) is 31.9. The fourth-order valence-electron chi connectivity index (χ4n) is 1.29. The molecule has 0 N–H and O–H groups in total. The van der Waals surface area contributed by atoms with E-state index in [1.807, 2.05) is 0 Å². The van der Waals surface area contributed by atoms with Crippen molar-refractivity contribution in [2.75, 3.05) is 0 Å². The first-order valence-corrected chi connectivity index (χ1v) is 7.99. The molecule has 0 saturated carbocycles. The van der Waals surface area contributed by atoms with Crippen molar-refractivity contribution in [3.63, 3.8) is 0 Å². The summed E-state index contributed by atoms with van der Waals surface area (Å²) in [6.45, 7) is 2.48. The van der Waals surface area contributed by atoms with Gasteiger partial charge in [-0.1, -0.05) is 6.58 Å². The Kier molecular flexibility index (Phi) is 9.72. The Balaban J connectivity index is 6.01. The number of carbonyl (C=O) groups is 2. The molecule has 0 aromatic heterocycles. The van der Waals surface area contributed by atoms with E-state index in [2.05, 4.69) is 11.3 Å². The minimum absolute atomic E-state index is 0.124. The van der Waals surface area contributed by atoms with Gasteiger partial charge in [-0.2, -0.15) is 83.4 Å². The summed E-state index contributed by atoms with van der Waals surface area (Å²) in [5.74, 6) is -5.81. The molecule has 0 rings (SSSR count). The Hall–Kier alpha value is -2.61. The second-order valence-electron chi connectivity index (χ2n) is 5.95. The van der Waals surface area contributed by atoms with Gasteiger partial charge < -0.3 is 4.74 Å². The smallest absolute Gasteiger partial charge is 0.383 e. The van der Waals surface area contributed by atoms with Crippen LogP contribution < -0.4 is 0 Å². The number of esters is 2. The van der Waals surface area contributed by atoms with Crippen LogP contribution in [0, 0.1) is 0 Å². The lowest BCUT2D eigenvalue weighted by molar-refractivity contribution is -0.581. The number of halogens is 19. The standard InChI is InChI=1S/C13H3F19O7/c1-2-3(33)35-4(34)5(14,15)36-8(21,22)9(23,24)38-12(29,30)13(31,32)39-11(27,28)10(25,26)37-7(19,20)6(16,17)18/h2H,1H2. The minimum Gasteiger partial charge on any atom is -0.383 e. The number of alkyl halides is 19. The number of rotatable bonds is 13. The summed E-state index contributed by atoms with van der Waals surface area (Å²) in [7, 11) is 0. The second-order valence-corrected chi connectivity index (χ2v) is 5.95. The van der Waals surface area contributed by atoms with Crippen molar-refractivity contribution in [2.45, 2.75) is 55.0 Å². The molecule has 39 heavy (non-hydrogen) atoms. The van der Waals surface area contributed by atoms with Crippen molar-refractivity contribution in [1.82, 2.24) is 0 Å². The third-order valence-electron chi connectivity index (χ3n) is 2.97. The number of carbonyl (C=O) groups excluding carboxylic acids is 2. The Morgan fingerprint density at radius 3 is 0.974 bits per heavy atom. The normalized spacial score (nSPS) is 15.3. The van der Waals surface area contributed by atoms with Gasteiger partial charge >= 0.3 is 67.0 Å². The highest BCUT2D eigenvalue weighted by Gasteiger charge is 2.78. The summed E-state index contributed by atoms with van der Waals surface area (Å²) in [5.41, 5.74) is 0. The van der Waals surface area contributed by atoms with Crippen molar-refractivity contribution in [1.29, 1.82) is 0 Å². The molecular formula is C13H3F19O7. The lowest BCUT2D eigenvalue weighted by Crippen LogP contribution is -2.60. The molecule has 0 bridgehead atoms. The molecule has 230 valence electrons. The van der Waals surface area contributed by atoms with E-state index in [4.69, 9.17) is 0 Å². The maximum Gasteiger partial charge on any atom is 0.483 e. The number of hydrogen-bond donors (Lipinski definition) is 0. The van der Waals surface area contributed by atoms with E-state index < -0.39 is 67.0 Å². The molecule has 0 radical (unpaired) electrons. The van der Waals surface area contributed by atoms with E-state index in [1.165, 1.54) is 14.2 Å². The van der Waals surface area contributed by atoms with Crippen LogP contribution in [0.3, 0.4) is 0 Å². The van der Waals surface area contributed by atoms with Crippen LogP contribution in [0.4, 0.5) is 83.4 Å². The highest BCUT2D eigenvalue weighted by Crippen LogP contribution is 2.52. The largest absolute Gasteiger partial charge is 0.483 e. The van der Waals surface area contributed by atoms with Crippen LogP contribution in [0.25, 0.3) is 0 Å². The van der Waals surface area contributed by atoms with Crippen molar-refractivity contribution < 1.29 is 117 Å². The van der Waals surface area contributed by atoms with Gasteiger partial charge in [-0.05, 0) is 0 Å². The van der Waals surface area contributed by atoms with E-state index in [-0.39, 0.29) is 6.08 Å². The molecule has 0 fully saturated rings. The molecule has 0 aliphatic heterocycles. The summed E-state index contributed by atoms with van der Waals surface area (Å²) >= 11 is 0. The average molecular weight is 632 g/mol. The van der Waals surface area contributed by atoms with Crippen LogP contribution in [0.1, 0.15) is 0 Å². The van der Waals surface area contributed by atoms with E-state index >= 15 is 0 Å². The van der Waals surface area contributed by atoms with E-state index in [0.29, 0.717) is 0 Å². The molecule has 0 aliphatic rings. The van der Waals surface area contributed by atoms with Gasteiger partial charge in [-0.3, -0.25) is 0 Å². The quantitative estimate of drug-likeness (QED) is 0.113. The maximum absolute atomic E-state index is 13.3. The van der Waals surface area contributed by atoms with Gasteiger partial charge in [0.2, 0.25) is 0 Å². The van der Waals surface area contributed by atoms with Gasteiger partial charge in [0.25, 0.3) is 0 Å². The lowest BCUT2D eigenvalue weighted by atomic mass is 10.4. The molecule has 0 aliphatic carbocycles. The summed E-state index contributed by atoms with van der Waals surface area (Å²) in [6.07, 6.45) is -67.5. The highest BCUT2D eigenvalue weighted by atomic mass is 19.4. The highest BCUT2D eigenvalue weighted by molar-refractivity contribution is 5.93. The Bertz CT molecular complexity index is 925. The van der Waals surface area contributed by atoms with Gasteiger partial charge in [0.1, 0.15) is 0 Å². The average Bonchev–Trinajstić information content (AvgIpc) is 2.63. The number of hydrogen-bond acceptors (Lipinski definition) is 7. The van der Waals surface area contributed by atoms with Crippen LogP contribution in [0.15, 0.2) is 12.7 Å². The van der Waals surface area contributed by atoms with Crippen molar-refractivity contribution in [2.24, 2.45) is 0 Å². The van der Waals surface area contributed by atoms with Crippen LogP contribution in [0.5, 0.6) is 0 Å². The Morgan fingerprint density at radius 1 is 0.462 bits per heavy atom. The first kappa shape index (κ1) is 36.4. The Morgan fingerprint density at radius 2 is 0.718 bits per heavy atom. The number of ether oxygens (including phenoxy) is 5. The lowest BCUT2D eigenvalue weighted by Gasteiger charge is -2.35. The van der Waals surface area contributed by atoms with E-state index in [9.17, 15) is 93.0 Å². The van der Waals surface area contributed by atoms with Crippen LogP contribution >= 0.6 is 0 Å². The Labute approximate surface area is 197 Å². The summed E-state index contributed by atoms with van der Waals surface area (Å²) < 4.78 is 253. The molecule has 0 aromatic carbocycles. The van der Waals surface area contributed by atoms with Crippen LogP contribution in [-0.4, -0.2) is 67.0 Å². The molecule has 0 heterocycles. The predicted octanol–water partition coefficient (Wildman–Crippen LogP) is 5.61. The van der Waals surface area contributed by atoms with E-state index in [0.717, 1.165) is 0 Å². The fraction of sp³-hybridized carbons (Fsp3) is 0.692. The third kappa shape index (κ3) is 8.19. The molecule has 0 spiro atoms. The molecule has 0 atom stereocenters. The van der Waals surface area contributed by atoms with Gasteiger partial charge in [0.15, 0.2) is 0 Å². The van der Waals surface area contributed by atoms with Crippen LogP contribution in [0.2, 0.25) is 0 Å². The van der Waals surface area contributed by atoms with Gasteiger partial charge in [-0.25, -0.2) is 28.5 Å². The van der Waals surface area contributed by atoms with Gasteiger partial charge in [-0.15, -0.1) is 0 Å². The maximum atomic E-state index is 13.3. The molecule has 0 amide bonds. The van der Waals surface area contributed by atoms with E-state index in [1.54, 1.807) is 4.74 Å². The molecule has 0 unspecified atom stereocenters. The molecule has 0 aromatic rings. The molecule has 26 heteroatoms. The second kappa shape index (κ2) is 10.4. The van der Waals surface area contributed by atoms with Crippen molar-refractivity contribution >= 4 is 11.9 Å². The molecule has 7 nitrogen and oxygen atoms in total. The SMILES string of the molecule is C=CC(=O)OC(=O)C(F)(F)OC(F)(F)C(F)(F)OC(F)(F)C(F)(F)OC(F)(F)C(F)(F)OC(F)(F)C(F)(F)F. The first-order chi connectivity index (χ1) is 16.7. The third-order valence-corrected chi connectivity index (χ3v) is 2.97. The van der Waals surface area contributed by atoms with Crippen LogP contribution in [-0.2, 0) is 33.3 Å². The summed E-state index contributed by atoms with van der Waals surface area (Å²) in [4.78, 5) is 21.2. The minimum atomic E-state index is -7.87. The first-order valence-electron chi connectivity index (χ1n) is 7.99. The van der Waals surface area contributed by atoms with Crippen molar-refractivity contribution in [3.05, 3.63) is 12.7 Å². The zero-order valence-electron chi connectivity index (χ0n) is 16.8. The predicted molar refractivity (Wildman–Crippen MR) is 71.3 cm³/mol. The van der Waals surface area contributed by atoms with Gasteiger partial charge in [0.05, 0.1) is 0 Å². The topological polar surface area (TPSA) is 80.3 Å². The summed E-state index contributed by atoms with van der Waals surface area (Å²) in [6, 6.07) is 0. The summed E-state index contributed by atoms with van der Waals surface area (Å²) in [5, 5.41) is 0. The fourth-order valence-corrected chi connectivity index (χ4v) is 1.29. The monoisotopic (exact) mass is 632 g/mol. The van der Waals surface area contributed by atoms with Crippen molar-refractivity contribution in [3.8, 4) is 0 Å². The van der Waals surface area contributed by atoms with Gasteiger partial charge in [0, 0.05) is 6.08 Å².